The molecule has 1 aromatic heterocycles. The molecule has 2 heterocycles. The van der Waals surface area contributed by atoms with Gasteiger partial charge >= 0.3 is 13.1 Å². The topological polar surface area (TPSA) is 94.7 Å². The Hall–Kier alpha value is -2.45. The molecule has 1 aliphatic rings. The second-order valence-corrected chi connectivity index (χ2v) is 6.92. The summed E-state index contributed by atoms with van der Waals surface area (Å²) in [5.74, 6) is -0.957. The fourth-order valence-electron chi connectivity index (χ4n) is 2.15. The molecule has 0 bridgehead atoms. The lowest BCUT2D eigenvalue weighted by Crippen LogP contribution is -2.41. The first-order chi connectivity index (χ1) is 12.0. The zero-order chi connectivity index (χ0) is 19.5. The second kappa shape index (κ2) is 7.43. The van der Waals surface area contributed by atoms with E-state index in [-0.39, 0.29) is 22.6 Å². The molecule has 0 unspecified atom stereocenters. The van der Waals surface area contributed by atoms with Gasteiger partial charge in [0.1, 0.15) is 11.6 Å². The second-order valence-electron chi connectivity index (χ2n) is 6.92. The standard InChI is InChI=1S/C13H17BO4.C5H5FN2/c1-12(2)13(3,4)18-14(17-12)10-7-5-9(6-8-10)11(15)16;6-4-1-2-5(7)8-3-4/h5-8H,1-4H3,(H,15,16);1-3H,(H2,7,8). The van der Waals surface area contributed by atoms with Gasteiger partial charge in [-0.1, -0.05) is 12.1 Å². The first-order valence-corrected chi connectivity index (χ1v) is 8.08. The molecule has 0 amide bonds. The first-order valence-electron chi connectivity index (χ1n) is 8.08. The van der Waals surface area contributed by atoms with E-state index >= 15 is 0 Å². The van der Waals surface area contributed by atoms with Crippen LogP contribution in [0.4, 0.5) is 10.2 Å². The zero-order valence-corrected chi connectivity index (χ0v) is 15.2. The Balaban J connectivity index is 0.000000254. The molecule has 0 atom stereocenters. The van der Waals surface area contributed by atoms with Gasteiger partial charge in [-0.05, 0) is 57.4 Å². The fourth-order valence-corrected chi connectivity index (χ4v) is 2.15. The average molecular weight is 360 g/mol. The number of carboxylic acid groups (broad SMARTS) is 1. The van der Waals surface area contributed by atoms with Gasteiger partial charge in [0.25, 0.3) is 0 Å². The normalized spacial score (nSPS) is 17.3. The van der Waals surface area contributed by atoms with Crippen molar-refractivity contribution in [3.8, 4) is 0 Å². The number of pyridine rings is 1. The van der Waals surface area contributed by atoms with Gasteiger partial charge in [-0.15, -0.1) is 0 Å². The molecule has 2 aromatic rings. The van der Waals surface area contributed by atoms with Crippen LogP contribution in [0.2, 0.25) is 0 Å². The molecule has 3 N–H and O–H groups in total. The molecule has 6 nitrogen and oxygen atoms in total. The lowest BCUT2D eigenvalue weighted by Gasteiger charge is -2.32. The Labute approximate surface area is 152 Å². The molecule has 0 aliphatic carbocycles. The van der Waals surface area contributed by atoms with Crippen molar-refractivity contribution in [2.24, 2.45) is 0 Å². The Kier molecular flexibility index (Phi) is 5.68. The molecule has 3 rings (SSSR count). The van der Waals surface area contributed by atoms with Gasteiger partial charge in [0.15, 0.2) is 0 Å². The van der Waals surface area contributed by atoms with Gasteiger partial charge in [0.05, 0.1) is 23.0 Å². The predicted octanol–water partition coefficient (Wildman–Crippen LogP) is 2.49. The molecule has 138 valence electrons. The van der Waals surface area contributed by atoms with Crippen LogP contribution in [0.3, 0.4) is 0 Å². The van der Waals surface area contributed by atoms with Crippen LogP contribution in [-0.4, -0.2) is 34.4 Å². The van der Waals surface area contributed by atoms with Crippen molar-refractivity contribution >= 4 is 24.4 Å². The molecule has 1 saturated heterocycles. The van der Waals surface area contributed by atoms with E-state index in [1.165, 1.54) is 12.1 Å². The number of hydrogen-bond acceptors (Lipinski definition) is 5. The highest BCUT2D eigenvalue weighted by atomic mass is 19.1. The summed E-state index contributed by atoms with van der Waals surface area (Å²) in [7, 11) is -0.446. The number of anilines is 1. The molecular weight excluding hydrogens is 338 g/mol. The number of halogens is 1. The number of nitrogen functional groups attached to an aromatic ring is 1. The largest absolute Gasteiger partial charge is 0.494 e. The minimum absolute atomic E-state index is 0.260. The molecule has 0 saturated carbocycles. The summed E-state index contributed by atoms with van der Waals surface area (Å²) in [6, 6.07) is 9.25. The average Bonchev–Trinajstić information content (AvgIpc) is 2.79. The molecule has 1 fully saturated rings. The molecule has 26 heavy (non-hydrogen) atoms. The summed E-state index contributed by atoms with van der Waals surface area (Å²) < 4.78 is 23.7. The van der Waals surface area contributed by atoms with Crippen molar-refractivity contribution in [1.29, 1.82) is 0 Å². The number of nitrogens with two attached hydrogens (primary N) is 1. The number of nitrogens with zero attached hydrogens (tertiary/aromatic N) is 1. The maximum absolute atomic E-state index is 12.0. The van der Waals surface area contributed by atoms with Crippen LogP contribution in [0, 0.1) is 5.82 Å². The number of aromatic carboxylic acids is 1. The number of benzene rings is 1. The van der Waals surface area contributed by atoms with Gasteiger partial charge in [0, 0.05) is 0 Å². The third-order valence-electron chi connectivity index (χ3n) is 4.43. The lowest BCUT2D eigenvalue weighted by atomic mass is 9.79. The van der Waals surface area contributed by atoms with Crippen LogP contribution in [0.1, 0.15) is 38.1 Å². The van der Waals surface area contributed by atoms with Crippen LogP contribution >= 0.6 is 0 Å². The number of aromatic nitrogens is 1. The highest BCUT2D eigenvalue weighted by molar-refractivity contribution is 6.62. The quantitative estimate of drug-likeness (QED) is 0.799. The predicted molar refractivity (Wildman–Crippen MR) is 97.7 cm³/mol. The Morgan fingerprint density at radius 3 is 2.00 bits per heavy atom. The summed E-state index contributed by atoms with van der Waals surface area (Å²) in [5.41, 5.74) is 5.47. The van der Waals surface area contributed by atoms with Gasteiger partial charge in [-0.3, -0.25) is 0 Å². The van der Waals surface area contributed by atoms with Crippen LogP contribution in [0.25, 0.3) is 0 Å². The Morgan fingerprint density at radius 1 is 1.08 bits per heavy atom. The van der Waals surface area contributed by atoms with E-state index in [4.69, 9.17) is 20.1 Å². The van der Waals surface area contributed by atoms with Crippen LogP contribution in [0.15, 0.2) is 42.6 Å². The number of carbonyl (C=O) groups is 1. The smallest absolute Gasteiger partial charge is 0.478 e. The number of hydrogen-bond donors (Lipinski definition) is 2. The number of carboxylic acids is 1. The van der Waals surface area contributed by atoms with E-state index in [2.05, 4.69) is 4.98 Å². The summed E-state index contributed by atoms with van der Waals surface area (Å²) in [6.07, 6.45) is 1.08. The minimum atomic E-state index is -0.935. The van der Waals surface area contributed by atoms with Crippen LogP contribution < -0.4 is 11.2 Å². The summed E-state index contributed by atoms with van der Waals surface area (Å²) >= 11 is 0. The molecule has 1 aromatic carbocycles. The Morgan fingerprint density at radius 2 is 1.62 bits per heavy atom. The summed E-state index contributed by atoms with van der Waals surface area (Å²) in [6.45, 7) is 7.94. The fraction of sp³-hybridized carbons (Fsp3) is 0.333. The van der Waals surface area contributed by atoms with E-state index in [1.54, 1.807) is 24.3 Å². The maximum Gasteiger partial charge on any atom is 0.494 e. The minimum Gasteiger partial charge on any atom is -0.478 e. The van der Waals surface area contributed by atoms with E-state index in [0.717, 1.165) is 11.7 Å². The molecule has 1 aliphatic heterocycles. The lowest BCUT2D eigenvalue weighted by molar-refractivity contribution is 0.00578. The van der Waals surface area contributed by atoms with Gasteiger partial charge in [0.2, 0.25) is 0 Å². The SMILES string of the molecule is CC1(C)OB(c2ccc(C(=O)O)cc2)OC1(C)C.Nc1ccc(F)cn1. The van der Waals surface area contributed by atoms with E-state index in [0.29, 0.717) is 5.82 Å². The summed E-state index contributed by atoms with van der Waals surface area (Å²) in [4.78, 5) is 14.3. The van der Waals surface area contributed by atoms with Gasteiger partial charge < -0.3 is 20.1 Å². The van der Waals surface area contributed by atoms with Crippen molar-refractivity contribution in [3.63, 3.8) is 0 Å². The van der Waals surface area contributed by atoms with Crippen molar-refractivity contribution < 1.29 is 23.6 Å². The van der Waals surface area contributed by atoms with Crippen molar-refractivity contribution in [2.75, 3.05) is 5.73 Å². The monoisotopic (exact) mass is 360 g/mol. The molecule has 0 radical (unpaired) electrons. The Bertz CT molecular complexity index is 727. The van der Waals surface area contributed by atoms with Gasteiger partial charge in [-0.25, -0.2) is 14.2 Å². The van der Waals surface area contributed by atoms with Gasteiger partial charge in [-0.2, -0.15) is 0 Å². The van der Waals surface area contributed by atoms with Crippen molar-refractivity contribution in [1.82, 2.24) is 4.98 Å². The van der Waals surface area contributed by atoms with E-state index in [9.17, 15) is 9.18 Å². The van der Waals surface area contributed by atoms with E-state index < -0.39 is 13.1 Å². The molecule has 0 spiro atoms. The number of rotatable bonds is 2. The van der Waals surface area contributed by atoms with Crippen molar-refractivity contribution in [2.45, 2.75) is 38.9 Å². The van der Waals surface area contributed by atoms with E-state index in [1.807, 2.05) is 27.7 Å². The van der Waals surface area contributed by atoms with Crippen LogP contribution in [-0.2, 0) is 9.31 Å². The maximum atomic E-state index is 12.0. The van der Waals surface area contributed by atoms with Crippen LogP contribution in [0.5, 0.6) is 0 Å². The summed E-state index contributed by atoms with van der Waals surface area (Å²) in [5, 5.41) is 8.84. The third-order valence-corrected chi connectivity index (χ3v) is 4.43. The molecule has 8 heteroatoms. The van der Waals surface area contributed by atoms with Crippen molar-refractivity contribution in [3.05, 3.63) is 54.0 Å². The third kappa shape index (κ3) is 4.59. The first kappa shape index (κ1) is 19.9. The zero-order valence-electron chi connectivity index (χ0n) is 15.2. The highest BCUT2D eigenvalue weighted by Crippen LogP contribution is 2.36. The highest BCUT2D eigenvalue weighted by Gasteiger charge is 2.51. The molecular formula is C18H22BFN2O4.